The first-order chi connectivity index (χ1) is 15.9. The molecule has 0 aliphatic carbocycles. The standard InChI is InChI=1S/C23H21N5O3S2/c1-25-11-19(8-24)18-7-21-22(26-12-18)5-4-17-3-2-15(6-20(17)23(21)29)14-33(30,31)28-10-16-9-27-32-13-16/h2-9,11-13,28H,10,14,24H2,1H3. The molecule has 0 radical (unpaired) electrons. The number of hydrogen-bond donors (Lipinski definition) is 2. The summed E-state index contributed by atoms with van der Waals surface area (Å²) in [5, 5.41) is 3.31. The first kappa shape index (κ1) is 22.7. The van der Waals surface area contributed by atoms with Crippen molar-refractivity contribution < 1.29 is 8.42 Å². The van der Waals surface area contributed by atoms with Crippen LogP contribution in [0.4, 0.5) is 0 Å². The lowest BCUT2D eigenvalue weighted by Gasteiger charge is -2.06. The molecule has 0 aliphatic heterocycles. The Morgan fingerprint density at radius 1 is 1.15 bits per heavy atom. The van der Waals surface area contributed by atoms with Crippen LogP contribution >= 0.6 is 11.5 Å². The molecule has 0 atom stereocenters. The van der Waals surface area contributed by atoms with E-state index in [9.17, 15) is 13.2 Å². The Bertz CT molecular complexity index is 1550. The van der Waals surface area contributed by atoms with Gasteiger partial charge in [0, 0.05) is 65.7 Å². The second-order valence-electron chi connectivity index (χ2n) is 7.36. The van der Waals surface area contributed by atoms with Crippen LogP contribution in [0.25, 0.3) is 27.2 Å². The average molecular weight is 480 g/mol. The van der Waals surface area contributed by atoms with Gasteiger partial charge in [-0.1, -0.05) is 18.2 Å². The van der Waals surface area contributed by atoms with Crippen molar-refractivity contribution in [3.63, 3.8) is 0 Å². The van der Waals surface area contributed by atoms with E-state index in [-0.39, 0.29) is 17.7 Å². The van der Waals surface area contributed by atoms with E-state index < -0.39 is 10.0 Å². The van der Waals surface area contributed by atoms with Gasteiger partial charge in [-0.2, -0.15) is 0 Å². The number of aromatic nitrogens is 2. The molecule has 0 bridgehead atoms. The molecule has 0 aliphatic rings. The fourth-order valence-electron chi connectivity index (χ4n) is 3.43. The number of nitrogens with one attached hydrogen (secondary N) is 1. The average Bonchev–Trinajstić information content (AvgIpc) is 3.29. The summed E-state index contributed by atoms with van der Waals surface area (Å²) < 4.78 is 31.6. The zero-order valence-electron chi connectivity index (χ0n) is 17.7. The summed E-state index contributed by atoms with van der Waals surface area (Å²) in [7, 11) is -1.97. The Hall–Kier alpha value is -3.47. The Balaban J connectivity index is 1.74. The van der Waals surface area contributed by atoms with Crippen LogP contribution in [0.3, 0.4) is 0 Å². The predicted molar refractivity (Wildman–Crippen MR) is 134 cm³/mol. The number of benzene rings is 1. The number of fused-ring (bicyclic) bond motifs is 2. The van der Waals surface area contributed by atoms with E-state index in [0.717, 1.165) is 5.56 Å². The summed E-state index contributed by atoms with van der Waals surface area (Å²) in [5.74, 6) is -0.243. The van der Waals surface area contributed by atoms with Gasteiger partial charge in [-0.05, 0) is 46.2 Å². The van der Waals surface area contributed by atoms with E-state index in [2.05, 4.69) is 19.1 Å². The van der Waals surface area contributed by atoms with Crippen molar-refractivity contribution in [2.24, 2.45) is 10.7 Å². The smallest absolute Gasteiger partial charge is 0.216 e. The number of allylic oxidation sites excluding steroid dienone is 1. The van der Waals surface area contributed by atoms with E-state index >= 15 is 0 Å². The van der Waals surface area contributed by atoms with Crippen LogP contribution < -0.4 is 15.9 Å². The highest BCUT2D eigenvalue weighted by atomic mass is 32.2. The normalized spacial score (nSPS) is 12.7. The van der Waals surface area contributed by atoms with E-state index in [4.69, 9.17) is 5.73 Å². The van der Waals surface area contributed by atoms with Crippen LogP contribution in [0.15, 0.2) is 70.2 Å². The maximum Gasteiger partial charge on any atom is 0.216 e. The molecule has 8 nitrogen and oxygen atoms in total. The molecule has 0 amide bonds. The molecule has 168 valence electrons. The maximum atomic E-state index is 13.4. The number of pyridine rings is 1. The minimum absolute atomic E-state index is 0.172. The molecule has 0 spiro atoms. The van der Waals surface area contributed by atoms with Crippen LogP contribution in [0.5, 0.6) is 0 Å². The lowest BCUT2D eigenvalue weighted by Crippen LogP contribution is -2.24. The fraction of sp³-hybridized carbons (Fsp3) is 0.130. The van der Waals surface area contributed by atoms with Gasteiger partial charge in [-0.25, -0.2) is 17.5 Å². The third-order valence-electron chi connectivity index (χ3n) is 5.06. The van der Waals surface area contributed by atoms with Gasteiger partial charge in [-0.3, -0.25) is 14.8 Å². The number of sulfonamides is 1. The summed E-state index contributed by atoms with van der Waals surface area (Å²) in [4.78, 5) is 21.8. The number of hydrogen-bond acceptors (Lipinski definition) is 8. The lowest BCUT2D eigenvalue weighted by atomic mass is 10.1. The Morgan fingerprint density at radius 3 is 2.70 bits per heavy atom. The Labute approximate surface area is 194 Å². The third-order valence-corrected chi connectivity index (χ3v) is 7.00. The second kappa shape index (κ2) is 9.57. The van der Waals surface area contributed by atoms with Crippen LogP contribution in [0, 0.1) is 0 Å². The number of nitrogens with zero attached hydrogens (tertiary/aromatic N) is 3. The molecule has 4 aromatic rings. The monoisotopic (exact) mass is 479 g/mol. The van der Waals surface area contributed by atoms with E-state index in [1.165, 1.54) is 17.7 Å². The summed E-state index contributed by atoms with van der Waals surface area (Å²) >= 11 is 1.26. The predicted octanol–water partition coefficient (Wildman–Crippen LogP) is 2.82. The number of rotatable bonds is 7. The summed E-state index contributed by atoms with van der Waals surface area (Å²) in [5.41, 5.74) is 8.61. The Morgan fingerprint density at radius 2 is 1.97 bits per heavy atom. The highest BCUT2D eigenvalue weighted by Crippen LogP contribution is 2.20. The number of nitrogens with two attached hydrogens (primary N) is 1. The molecule has 0 saturated heterocycles. The van der Waals surface area contributed by atoms with Crippen molar-refractivity contribution in [3.05, 3.63) is 87.3 Å². The topological polar surface area (TPSA) is 127 Å². The molecular formula is C23H21N5O3S2. The van der Waals surface area contributed by atoms with E-state index in [1.807, 2.05) is 0 Å². The van der Waals surface area contributed by atoms with Crippen molar-refractivity contribution in [3.8, 4) is 0 Å². The molecule has 0 unspecified atom stereocenters. The van der Waals surface area contributed by atoms with Gasteiger partial charge in [0.05, 0.1) is 11.3 Å². The van der Waals surface area contributed by atoms with E-state index in [0.29, 0.717) is 38.4 Å². The van der Waals surface area contributed by atoms with Crippen molar-refractivity contribution >= 4 is 55.0 Å². The number of aliphatic imine (C=N–C) groups is 1. The molecular weight excluding hydrogens is 458 g/mol. The zero-order valence-corrected chi connectivity index (χ0v) is 19.4. The Kier molecular flexibility index (Phi) is 6.59. The summed E-state index contributed by atoms with van der Waals surface area (Å²) in [6.07, 6.45) is 6.26. The zero-order chi connectivity index (χ0) is 23.4. The maximum absolute atomic E-state index is 13.4. The van der Waals surface area contributed by atoms with Gasteiger partial charge in [0.25, 0.3) is 0 Å². The van der Waals surface area contributed by atoms with Crippen molar-refractivity contribution in [1.82, 2.24) is 14.1 Å². The first-order valence-corrected chi connectivity index (χ1v) is 12.4. The minimum atomic E-state index is -3.60. The summed E-state index contributed by atoms with van der Waals surface area (Å²) in [6, 6.07) is 10.4. The largest absolute Gasteiger partial charge is 0.404 e. The first-order valence-electron chi connectivity index (χ1n) is 9.96. The van der Waals surface area contributed by atoms with Gasteiger partial charge in [0.1, 0.15) is 0 Å². The van der Waals surface area contributed by atoms with Gasteiger partial charge >= 0.3 is 0 Å². The fourth-order valence-corrected chi connectivity index (χ4v) is 5.07. The van der Waals surface area contributed by atoms with Crippen molar-refractivity contribution in [1.29, 1.82) is 0 Å². The highest BCUT2D eigenvalue weighted by Gasteiger charge is 2.13. The second-order valence-corrected chi connectivity index (χ2v) is 9.83. The molecule has 4 rings (SSSR count). The quantitative estimate of drug-likeness (QED) is 0.392. The van der Waals surface area contributed by atoms with Crippen LogP contribution in [0.1, 0.15) is 16.7 Å². The molecule has 0 saturated carbocycles. The van der Waals surface area contributed by atoms with Gasteiger partial charge in [-0.15, -0.1) is 0 Å². The van der Waals surface area contributed by atoms with Crippen LogP contribution in [0.2, 0.25) is 0 Å². The summed E-state index contributed by atoms with van der Waals surface area (Å²) in [6.45, 7) is 0.172. The lowest BCUT2D eigenvalue weighted by molar-refractivity contribution is 0.580. The molecule has 10 heteroatoms. The molecule has 2 heterocycles. The highest BCUT2D eigenvalue weighted by molar-refractivity contribution is 7.88. The SMILES string of the molecule is CN=CC(=CN)c1cnc2ccc3ccc(CS(=O)(=O)NCc4cnsc4)cc3c(=O)c2c1. The molecule has 2 aromatic heterocycles. The molecule has 2 aromatic carbocycles. The minimum Gasteiger partial charge on any atom is -0.404 e. The molecule has 33 heavy (non-hydrogen) atoms. The van der Waals surface area contributed by atoms with E-state index in [1.54, 1.807) is 67.4 Å². The van der Waals surface area contributed by atoms with Crippen molar-refractivity contribution in [2.75, 3.05) is 7.05 Å². The van der Waals surface area contributed by atoms with Crippen LogP contribution in [-0.2, 0) is 22.3 Å². The van der Waals surface area contributed by atoms with Gasteiger partial charge < -0.3 is 5.73 Å². The van der Waals surface area contributed by atoms with Crippen LogP contribution in [-0.4, -0.2) is 31.0 Å². The van der Waals surface area contributed by atoms with Gasteiger partial charge in [0.2, 0.25) is 10.0 Å². The molecule has 3 N–H and O–H groups in total. The molecule has 0 fully saturated rings. The van der Waals surface area contributed by atoms with Gasteiger partial charge in [0.15, 0.2) is 5.43 Å². The third kappa shape index (κ3) is 5.14. The van der Waals surface area contributed by atoms with Crippen molar-refractivity contribution in [2.45, 2.75) is 12.3 Å².